The van der Waals surface area contributed by atoms with E-state index < -0.39 is 4.92 Å². The van der Waals surface area contributed by atoms with E-state index in [1.807, 2.05) is 0 Å². The third-order valence-electron chi connectivity index (χ3n) is 3.91. The minimum Gasteiger partial charge on any atom is -0.485 e. The molecule has 6 heteroatoms. The summed E-state index contributed by atoms with van der Waals surface area (Å²) in [6.45, 7) is 5.05. The molecular formula is C16H22N2O4. The van der Waals surface area contributed by atoms with Crippen LogP contribution >= 0.6 is 0 Å². The van der Waals surface area contributed by atoms with Crippen LogP contribution in [0.5, 0.6) is 5.75 Å². The smallest absolute Gasteiger partial charge is 0.311 e. The Bertz CT molecular complexity index is 539. The average Bonchev–Trinajstić information content (AvgIpc) is 2.55. The molecule has 22 heavy (non-hydrogen) atoms. The quantitative estimate of drug-likeness (QED) is 0.440. The van der Waals surface area contributed by atoms with Crippen LogP contribution in [-0.2, 0) is 0 Å². The molecule has 1 aliphatic heterocycles. The number of piperidine rings is 1. The predicted octanol–water partition coefficient (Wildman–Crippen LogP) is 3.05. The van der Waals surface area contributed by atoms with Crippen molar-refractivity contribution in [2.75, 3.05) is 26.2 Å². The fourth-order valence-corrected chi connectivity index (χ4v) is 2.63. The van der Waals surface area contributed by atoms with Crippen molar-refractivity contribution in [3.63, 3.8) is 0 Å². The zero-order valence-electron chi connectivity index (χ0n) is 12.9. The molecular weight excluding hydrogens is 284 g/mol. The Kier molecular flexibility index (Phi) is 5.89. The number of ether oxygens (including phenoxy) is 1. The van der Waals surface area contributed by atoms with Gasteiger partial charge in [-0.3, -0.25) is 19.8 Å². The molecule has 0 radical (unpaired) electrons. The Morgan fingerprint density at radius 2 is 2.05 bits per heavy atom. The van der Waals surface area contributed by atoms with Crippen molar-refractivity contribution in [2.45, 2.75) is 32.6 Å². The van der Waals surface area contributed by atoms with Gasteiger partial charge in [0, 0.05) is 24.6 Å². The van der Waals surface area contributed by atoms with Crippen LogP contribution in [0.3, 0.4) is 0 Å². The lowest BCUT2D eigenvalue weighted by molar-refractivity contribution is -0.385. The number of carbonyl (C=O) groups is 1. The van der Waals surface area contributed by atoms with Gasteiger partial charge in [0.2, 0.25) is 0 Å². The Hall–Kier alpha value is -1.95. The molecule has 0 aromatic heterocycles. The molecule has 1 aromatic rings. The number of ketones is 1. The molecule has 0 spiro atoms. The van der Waals surface area contributed by atoms with E-state index in [4.69, 9.17) is 4.74 Å². The summed E-state index contributed by atoms with van der Waals surface area (Å²) in [4.78, 5) is 24.6. The van der Waals surface area contributed by atoms with Gasteiger partial charge in [0.1, 0.15) is 6.61 Å². The van der Waals surface area contributed by atoms with Crippen molar-refractivity contribution in [3.05, 3.63) is 33.9 Å². The van der Waals surface area contributed by atoms with E-state index >= 15 is 0 Å². The topological polar surface area (TPSA) is 72.7 Å². The minimum atomic E-state index is -0.497. The zero-order valence-corrected chi connectivity index (χ0v) is 12.9. The molecule has 0 N–H and O–H groups in total. The summed E-state index contributed by atoms with van der Waals surface area (Å²) in [6.07, 6.45) is 4.00. The van der Waals surface area contributed by atoms with Crippen LogP contribution in [0.15, 0.2) is 18.2 Å². The highest BCUT2D eigenvalue weighted by Crippen LogP contribution is 2.28. The summed E-state index contributed by atoms with van der Waals surface area (Å²) in [6, 6.07) is 4.42. The van der Waals surface area contributed by atoms with E-state index in [1.165, 1.54) is 31.4 Å². The molecule has 2 rings (SSSR count). The largest absolute Gasteiger partial charge is 0.485 e. The van der Waals surface area contributed by atoms with Crippen LogP contribution in [0, 0.1) is 10.1 Å². The molecule has 0 atom stereocenters. The molecule has 6 nitrogen and oxygen atoms in total. The molecule has 0 unspecified atom stereocenters. The molecule has 1 aliphatic rings. The van der Waals surface area contributed by atoms with E-state index in [-0.39, 0.29) is 17.2 Å². The standard InChI is InChI=1S/C16H22N2O4/c1-2-15(19)13-6-7-16(14(12-13)18(20)21)22-11-10-17-8-4-3-5-9-17/h6-7,12H,2-5,8-11H2,1H3. The molecule has 0 bridgehead atoms. The number of benzene rings is 1. The van der Waals surface area contributed by atoms with Crippen molar-refractivity contribution < 1.29 is 14.5 Å². The Balaban J connectivity index is 1.99. The molecule has 0 saturated carbocycles. The fraction of sp³-hybridized carbons (Fsp3) is 0.562. The SMILES string of the molecule is CCC(=O)c1ccc(OCCN2CCCCC2)c([N+](=O)[O-])c1. The van der Waals surface area contributed by atoms with Gasteiger partial charge in [0.25, 0.3) is 0 Å². The molecule has 1 fully saturated rings. The van der Waals surface area contributed by atoms with Crippen molar-refractivity contribution in [2.24, 2.45) is 0 Å². The van der Waals surface area contributed by atoms with Crippen LogP contribution in [0.1, 0.15) is 43.0 Å². The predicted molar refractivity (Wildman–Crippen MR) is 83.5 cm³/mol. The van der Waals surface area contributed by atoms with Gasteiger partial charge < -0.3 is 4.74 Å². The van der Waals surface area contributed by atoms with Crippen molar-refractivity contribution in [1.82, 2.24) is 4.90 Å². The van der Waals surface area contributed by atoms with Gasteiger partial charge >= 0.3 is 5.69 Å². The van der Waals surface area contributed by atoms with Gasteiger partial charge in [0.05, 0.1) is 4.92 Å². The maximum Gasteiger partial charge on any atom is 0.311 e. The number of Topliss-reactive ketones (excluding diaryl/α,β-unsaturated/α-hetero) is 1. The second kappa shape index (κ2) is 7.89. The summed E-state index contributed by atoms with van der Waals surface area (Å²) >= 11 is 0. The van der Waals surface area contributed by atoms with Crippen LogP contribution in [0.25, 0.3) is 0 Å². The lowest BCUT2D eigenvalue weighted by Crippen LogP contribution is -2.33. The number of rotatable bonds is 7. The van der Waals surface area contributed by atoms with Gasteiger partial charge in [0.15, 0.2) is 11.5 Å². The van der Waals surface area contributed by atoms with Gasteiger partial charge in [-0.2, -0.15) is 0 Å². The summed E-state index contributed by atoms with van der Waals surface area (Å²) < 4.78 is 5.57. The Morgan fingerprint density at radius 3 is 2.68 bits per heavy atom. The number of likely N-dealkylation sites (tertiary alicyclic amines) is 1. The van der Waals surface area contributed by atoms with E-state index in [0.717, 1.165) is 19.6 Å². The van der Waals surface area contributed by atoms with Gasteiger partial charge in [-0.25, -0.2) is 0 Å². The van der Waals surface area contributed by atoms with E-state index in [9.17, 15) is 14.9 Å². The third-order valence-corrected chi connectivity index (χ3v) is 3.91. The van der Waals surface area contributed by atoms with Crippen molar-refractivity contribution >= 4 is 11.5 Å². The number of hydrogen-bond acceptors (Lipinski definition) is 5. The zero-order chi connectivity index (χ0) is 15.9. The van der Waals surface area contributed by atoms with Gasteiger partial charge in [-0.05, 0) is 38.1 Å². The molecule has 120 valence electrons. The lowest BCUT2D eigenvalue weighted by atomic mass is 10.1. The number of carbonyl (C=O) groups excluding carboxylic acids is 1. The maximum absolute atomic E-state index is 11.7. The van der Waals surface area contributed by atoms with E-state index in [2.05, 4.69) is 4.90 Å². The molecule has 1 saturated heterocycles. The highest BCUT2D eigenvalue weighted by Gasteiger charge is 2.18. The summed E-state index contributed by atoms with van der Waals surface area (Å²) in [7, 11) is 0. The number of nitrogens with zero attached hydrogens (tertiary/aromatic N) is 2. The first-order valence-electron chi connectivity index (χ1n) is 7.78. The van der Waals surface area contributed by atoms with Gasteiger partial charge in [-0.15, -0.1) is 0 Å². The first-order chi connectivity index (χ1) is 10.6. The number of nitro groups is 1. The highest BCUT2D eigenvalue weighted by molar-refractivity contribution is 5.96. The summed E-state index contributed by atoms with van der Waals surface area (Å²) in [5, 5.41) is 11.2. The minimum absolute atomic E-state index is 0.108. The van der Waals surface area contributed by atoms with Crippen molar-refractivity contribution in [1.29, 1.82) is 0 Å². The molecule has 1 aromatic carbocycles. The first-order valence-corrected chi connectivity index (χ1v) is 7.78. The maximum atomic E-state index is 11.7. The highest BCUT2D eigenvalue weighted by atomic mass is 16.6. The Labute approximate surface area is 130 Å². The van der Waals surface area contributed by atoms with Crippen LogP contribution in [-0.4, -0.2) is 41.8 Å². The monoisotopic (exact) mass is 306 g/mol. The van der Waals surface area contributed by atoms with Crippen LogP contribution in [0.4, 0.5) is 5.69 Å². The second-order valence-corrected chi connectivity index (χ2v) is 5.47. The first kappa shape index (κ1) is 16.4. The second-order valence-electron chi connectivity index (χ2n) is 5.47. The van der Waals surface area contributed by atoms with Crippen molar-refractivity contribution in [3.8, 4) is 5.75 Å². The Morgan fingerprint density at radius 1 is 1.32 bits per heavy atom. The fourth-order valence-electron chi connectivity index (χ4n) is 2.63. The molecule has 0 amide bonds. The third kappa shape index (κ3) is 4.27. The number of hydrogen-bond donors (Lipinski definition) is 0. The molecule has 0 aliphatic carbocycles. The average molecular weight is 306 g/mol. The molecule has 1 heterocycles. The van der Waals surface area contributed by atoms with Gasteiger partial charge in [-0.1, -0.05) is 13.3 Å². The number of nitro benzene ring substituents is 1. The van der Waals surface area contributed by atoms with Crippen LogP contribution < -0.4 is 4.74 Å². The lowest BCUT2D eigenvalue weighted by Gasteiger charge is -2.26. The van der Waals surface area contributed by atoms with E-state index in [1.54, 1.807) is 13.0 Å². The summed E-state index contributed by atoms with van der Waals surface area (Å²) in [5.74, 6) is 0.123. The summed E-state index contributed by atoms with van der Waals surface area (Å²) in [5.41, 5.74) is 0.218. The van der Waals surface area contributed by atoms with Crippen LogP contribution in [0.2, 0.25) is 0 Å². The normalized spacial score (nSPS) is 15.5. The van der Waals surface area contributed by atoms with E-state index in [0.29, 0.717) is 18.6 Å².